The Balaban J connectivity index is -0.000000194. The maximum atomic E-state index is 11.8. The molecule has 0 fully saturated rings. The van der Waals surface area contributed by atoms with E-state index in [0.29, 0.717) is 36.3 Å². The van der Waals surface area contributed by atoms with Crippen LogP contribution in [0.5, 0.6) is 0 Å². The molecule has 0 spiro atoms. The van der Waals surface area contributed by atoms with E-state index < -0.39 is 19.1 Å². The quantitative estimate of drug-likeness (QED) is 0.148. The van der Waals surface area contributed by atoms with Crippen molar-refractivity contribution < 1.29 is 36.7 Å². The first-order chi connectivity index (χ1) is 16.7. The van der Waals surface area contributed by atoms with Crippen molar-refractivity contribution in [2.24, 2.45) is 0 Å². The van der Waals surface area contributed by atoms with E-state index in [0.717, 1.165) is 12.1 Å². The molecule has 0 heterocycles. The number of halogens is 3. The second-order valence-corrected chi connectivity index (χ2v) is 13.0. The van der Waals surface area contributed by atoms with Gasteiger partial charge in [0, 0.05) is 0 Å². The molecule has 1 aromatic carbocycles. The topological polar surface area (TPSA) is 42.3 Å². The van der Waals surface area contributed by atoms with Gasteiger partial charge in [0.25, 0.3) is 0 Å². The van der Waals surface area contributed by atoms with E-state index >= 15 is 0 Å². The average molecular weight is 670 g/mol. The predicted octanol–water partition coefficient (Wildman–Crippen LogP) is 10.3. The zero-order valence-corrected chi connectivity index (χ0v) is 30.5. The van der Waals surface area contributed by atoms with Crippen LogP contribution in [0, 0.1) is 0 Å². The molecule has 8 heteroatoms. The minimum Gasteiger partial charge on any atom is 4.00 e. The number of hydrogen-bond donors (Lipinski definition) is 0. The first kappa shape index (κ1) is 44.5. The van der Waals surface area contributed by atoms with Crippen molar-refractivity contribution in [1.29, 1.82) is 0 Å². The maximum absolute atomic E-state index is 11.8. The summed E-state index contributed by atoms with van der Waals surface area (Å²) in [6.45, 7) is 26.1. The minimum atomic E-state index is -5.94. The molecule has 0 aliphatic rings. The Labute approximate surface area is 252 Å². The van der Waals surface area contributed by atoms with Gasteiger partial charge in [-0.2, -0.15) is 0 Å². The standard InChI is InChI=1S/3C8H18N.C5H4F3Ge.Zr/c3*1-5-7(3)9-8(4)6-2;6-9(7,8)5-3-1-2-4-5;/h3*7-8H,5-6H2,1-4H3;1-4H;/q4*-1;+4. The molecule has 3 nitrogen and oxygen atoms in total. The second-order valence-electron chi connectivity index (χ2n) is 9.66. The van der Waals surface area contributed by atoms with Crippen LogP contribution in [0.3, 0.4) is 0 Å². The fourth-order valence-electron chi connectivity index (χ4n) is 2.50. The second kappa shape index (κ2) is 28.0. The molecule has 0 aromatic heterocycles. The Morgan fingerprint density at radius 2 is 0.703 bits per heavy atom. The number of rotatable bonds is 13. The normalized spacial score (nSPS) is 15.5. The van der Waals surface area contributed by atoms with Gasteiger partial charge in [-0.25, -0.2) is 0 Å². The van der Waals surface area contributed by atoms with E-state index in [1.165, 1.54) is 50.7 Å². The van der Waals surface area contributed by atoms with Crippen molar-refractivity contribution in [3.05, 3.63) is 40.2 Å². The van der Waals surface area contributed by atoms with Gasteiger partial charge in [-0.15, -0.1) is 36.3 Å². The zero-order valence-electron chi connectivity index (χ0n) is 26.0. The molecule has 0 radical (unpaired) electrons. The van der Waals surface area contributed by atoms with Gasteiger partial charge in [-0.1, -0.05) is 122 Å². The summed E-state index contributed by atoms with van der Waals surface area (Å²) < 4.78 is 35.0. The van der Waals surface area contributed by atoms with Crippen LogP contribution in [-0.4, -0.2) is 50.9 Å². The van der Waals surface area contributed by atoms with E-state index in [-0.39, 0.29) is 26.2 Å². The zero-order chi connectivity index (χ0) is 28.7. The average Bonchev–Trinajstić information content (AvgIpc) is 3.40. The Hall–Kier alpha value is 0.446. The van der Waals surface area contributed by atoms with E-state index in [9.17, 15) is 10.5 Å². The molecule has 6 unspecified atom stereocenters. The molecule has 6 atom stereocenters. The van der Waals surface area contributed by atoms with Crippen LogP contribution in [0.15, 0.2) is 24.3 Å². The van der Waals surface area contributed by atoms with Gasteiger partial charge in [0.1, 0.15) is 0 Å². The SMILES string of the molecule is CCC(C)[N-]C(C)CC.CCC(C)[N-]C(C)CC.CCC(C)[N-]C(C)CC.[F][Ge]([F])([F])[c-]1cccc1.[Zr+4]. The van der Waals surface area contributed by atoms with Gasteiger partial charge < -0.3 is 16.0 Å². The third-order valence-corrected chi connectivity index (χ3v) is 8.13. The first-order valence-electron chi connectivity index (χ1n) is 14.1. The van der Waals surface area contributed by atoms with Gasteiger partial charge in [0.2, 0.25) is 0 Å². The summed E-state index contributed by atoms with van der Waals surface area (Å²) in [5, 5.41) is 13.5. The maximum Gasteiger partial charge on any atom is 4.00 e. The minimum absolute atomic E-state index is 0. The van der Waals surface area contributed by atoms with Gasteiger partial charge >= 0.3 is 80.0 Å². The van der Waals surface area contributed by atoms with Crippen molar-refractivity contribution in [1.82, 2.24) is 0 Å². The molecule has 1 rings (SSSR count). The summed E-state index contributed by atoms with van der Waals surface area (Å²) in [4.78, 5) is 0. The van der Waals surface area contributed by atoms with Crippen LogP contribution in [0.25, 0.3) is 16.0 Å². The van der Waals surface area contributed by atoms with E-state index in [2.05, 4.69) is 99.0 Å². The molecule has 0 aliphatic heterocycles. The van der Waals surface area contributed by atoms with E-state index in [1.807, 2.05) is 0 Å². The summed E-state index contributed by atoms with van der Waals surface area (Å²) >= 11 is -5.94. The van der Waals surface area contributed by atoms with E-state index in [4.69, 9.17) is 0 Å². The fraction of sp³-hybridized carbons (Fsp3) is 0.828. The van der Waals surface area contributed by atoms with Crippen molar-refractivity contribution in [3.63, 3.8) is 0 Å². The van der Waals surface area contributed by atoms with Crippen LogP contribution in [0.1, 0.15) is 122 Å². The summed E-state index contributed by atoms with van der Waals surface area (Å²) in [6, 6.07) is 8.40. The number of hydrogen-bond acceptors (Lipinski definition) is 0. The first-order valence-corrected chi connectivity index (χ1v) is 17.5. The Bertz CT molecular complexity index is 492. The van der Waals surface area contributed by atoms with Crippen molar-refractivity contribution in [2.75, 3.05) is 0 Å². The molecule has 0 N–H and O–H groups in total. The Morgan fingerprint density at radius 1 is 0.514 bits per heavy atom. The molecule has 0 aliphatic carbocycles. The summed E-state index contributed by atoms with van der Waals surface area (Å²) in [7, 11) is 0. The molecule has 0 amide bonds. The smallest absolute Gasteiger partial charge is 4.00 e. The summed E-state index contributed by atoms with van der Waals surface area (Å²) in [6.07, 6.45) is 7.03. The van der Waals surface area contributed by atoms with Gasteiger partial charge in [0.15, 0.2) is 0 Å². The largest absolute Gasteiger partial charge is 4.00 e. The van der Waals surface area contributed by atoms with Gasteiger partial charge in [-0.3, -0.25) is 0 Å². The molecule has 0 saturated heterocycles. The molecule has 1 aromatic rings. The summed E-state index contributed by atoms with van der Waals surface area (Å²) in [5.74, 6) is 0. The third kappa shape index (κ3) is 30.8. The number of nitrogens with zero attached hydrogens (tertiary/aromatic N) is 3. The van der Waals surface area contributed by atoms with Crippen LogP contribution in [0.2, 0.25) is 0 Å². The van der Waals surface area contributed by atoms with Crippen LogP contribution in [0.4, 0.5) is 10.5 Å². The predicted molar refractivity (Wildman–Crippen MR) is 159 cm³/mol. The molecule has 0 bridgehead atoms. The molecule has 37 heavy (non-hydrogen) atoms. The fourth-order valence-corrected chi connectivity index (χ4v) is 3.70. The molecule has 218 valence electrons. The third-order valence-electron chi connectivity index (χ3n) is 6.06. The van der Waals surface area contributed by atoms with Gasteiger partial charge in [0.05, 0.1) is 0 Å². The molecular weight excluding hydrogens is 611 g/mol. The van der Waals surface area contributed by atoms with Crippen LogP contribution >= 0.6 is 0 Å². The van der Waals surface area contributed by atoms with Crippen molar-refractivity contribution in [2.45, 2.75) is 158 Å². The van der Waals surface area contributed by atoms with Crippen LogP contribution in [-0.2, 0) is 26.2 Å². The monoisotopic (exact) mass is 669 g/mol. The summed E-state index contributed by atoms with van der Waals surface area (Å²) in [5.41, 5.74) is 0. The molecular formula is C29H58F3GeN3Zr. The van der Waals surface area contributed by atoms with E-state index in [1.54, 1.807) is 0 Å². The van der Waals surface area contributed by atoms with Crippen molar-refractivity contribution in [3.8, 4) is 0 Å². The van der Waals surface area contributed by atoms with Gasteiger partial charge in [-0.05, 0) is 0 Å². The van der Waals surface area contributed by atoms with Crippen molar-refractivity contribution >= 4 is 19.1 Å². The Kier molecular flexibility index (Phi) is 33.6. The van der Waals surface area contributed by atoms with Crippen LogP contribution < -0.4 is 4.40 Å². The Morgan fingerprint density at radius 3 is 0.811 bits per heavy atom. The molecule has 0 saturated carbocycles.